The fourth-order valence-electron chi connectivity index (χ4n) is 4.86. The number of hydrogen-bond donors (Lipinski definition) is 2. The average Bonchev–Trinajstić information content (AvgIpc) is 2.98. The minimum atomic E-state index is -0.499. The van der Waals surface area contributed by atoms with Crippen molar-refractivity contribution in [1.82, 2.24) is 0 Å². The monoisotopic (exact) mass is 363 g/mol. The molecule has 0 amide bonds. The number of hydrogen-bond acceptors (Lipinski definition) is 3. The molecule has 0 unspecified atom stereocenters. The highest BCUT2D eigenvalue weighted by molar-refractivity contribution is 5.85. The number of aliphatic hydroxyl groups is 1. The Kier molecular flexibility index (Phi) is 4.81. The molecule has 27 heavy (non-hydrogen) atoms. The van der Waals surface area contributed by atoms with Gasteiger partial charge in [0.1, 0.15) is 11.8 Å². The normalized spacial score (nSPS) is 24.3. The van der Waals surface area contributed by atoms with Crippen molar-refractivity contribution in [2.24, 2.45) is 4.99 Å². The van der Waals surface area contributed by atoms with Crippen LogP contribution in [0.1, 0.15) is 72.9 Å². The molecule has 2 aromatic carbocycles. The third-order valence-corrected chi connectivity index (χ3v) is 6.43. The number of phenolic OH excluding ortho intramolecular Hbond substituents is 1. The van der Waals surface area contributed by atoms with Crippen molar-refractivity contribution >= 4 is 6.21 Å². The highest BCUT2D eigenvalue weighted by Gasteiger charge is 2.33. The van der Waals surface area contributed by atoms with Gasteiger partial charge in [0.25, 0.3) is 0 Å². The Labute approximate surface area is 161 Å². The molecule has 0 radical (unpaired) electrons. The summed E-state index contributed by atoms with van der Waals surface area (Å²) in [5.74, 6) is 0.356. The zero-order valence-corrected chi connectivity index (χ0v) is 16.3. The van der Waals surface area contributed by atoms with E-state index in [-0.39, 0.29) is 11.5 Å². The van der Waals surface area contributed by atoms with Crippen molar-refractivity contribution in [3.8, 4) is 5.75 Å². The summed E-state index contributed by atoms with van der Waals surface area (Å²) in [5, 5.41) is 21.4. The van der Waals surface area contributed by atoms with E-state index in [1.165, 1.54) is 19.3 Å². The van der Waals surface area contributed by atoms with Crippen LogP contribution in [0.15, 0.2) is 41.4 Å². The molecule has 2 aliphatic carbocycles. The molecule has 1 saturated carbocycles. The predicted octanol–water partition coefficient (Wildman–Crippen LogP) is 5.00. The zero-order valence-electron chi connectivity index (χ0n) is 16.3. The lowest BCUT2D eigenvalue weighted by molar-refractivity contribution is 0.159. The number of aryl methyl sites for hydroxylation is 1. The Hall–Kier alpha value is -2.13. The van der Waals surface area contributed by atoms with Gasteiger partial charge in [-0.3, -0.25) is 4.99 Å². The number of fused-ring (bicyclic) bond motifs is 1. The quantitative estimate of drug-likeness (QED) is 0.754. The molecule has 0 saturated heterocycles. The van der Waals surface area contributed by atoms with Crippen LogP contribution in [0.2, 0.25) is 0 Å². The average molecular weight is 364 g/mol. The predicted molar refractivity (Wildman–Crippen MR) is 110 cm³/mol. The highest BCUT2D eigenvalue weighted by Crippen LogP contribution is 2.44. The van der Waals surface area contributed by atoms with Crippen LogP contribution in [0.3, 0.4) is 0 Å². The van der Waals surface area contributed by atoms with Gasteiger partial charge < -0.3 is 10.2 Å². The van der Waals surface area contributed by atoms with E-state index in [0.717, 1.165) is 40.7 Å². The summed E-state index contributed by atoms with van der Waals surface area (Å²) in [4.78, 5) is 4.69. The van der Waals surface area contributed by atoms with Gasteiger partial charge in [0.15, 0.2) is 0 Å². The van der Waals surface area contributed by atoms with Crippen molar-refractivity contribution in [1.29, 1.82) is 0 Å². The molecular weight excluding hydrogens is 334 g/mol. The third-order valence-electron chi connectivity index (χ3n) is 6.43. The van der Waals surface area contributed by atoms with E-state index >= 15 is 0 Å². The molecule has 2 aromatic rings. The van der Waals surface area contributed by atoms with Gasteiger partial charge in [0.05, 0.1) is 6.10 Å². The van der Waals surface area contributed by atoms with Gasteiger partial charge in [0, 0.05) is 23.8 Å². The molecule has 2 N–H and O–H groups in total. The van der Waals surface area contributed by atoms with Gasteiger partial charge in [-0.15, -0.1) is 0 Å². The van der Waals surface area contributed by atoms with Crippen molar-refractivity contribution in [2.45, 2.75) is 69.9 Å². The van der Waals surface area contributed by atoms with Crippen LogP contribution in [0.5, 0.6) is 5.75 Å². The molecule has 3 heteroatoms. The van der Waals surface area contributed by atoms with Crippen molar-refractivity contribution in [2.75, 3.05) is 0 Å². The largest absolute Gasteiger partial charge is 0.507 e. The fourth-order valence-corrected chi connectivity index (χ4v) is 4.86. The minimum absolute atomic E-state index is 0.0381. The van der Waals surface area contributed by atoms with Crippen molar-refractivity contribution in [3.05, 3.63) is 64.2 Å². The maximum Gasteiger partial charge on any atom is 0.128 e. The molecule has 2 atom stereocenters. The first kappa shape index (κ1) is 18.2. The standard InChI is InChI=1S/C24H29NO2/c1-16-12-18(23(27)20(13-16)24(2)10-6-3-7-11-24)15-25-22-19-9-5-4-8-17(19)14-21(22)26/h4-5,8-9,12-13,15,21-22,26-27H,3,6-7,10-11,14H2,1-2H3/t21-,22+/m1/s1. The van der Waals surface area contributed by atoms with Crippen LogP contribution in [-0.4, -0.2) is 22.5 Å². The maximum absolute atomic E-state index is 11.0. The summed E-state index contributed by atoms with van der Waals surface area (Å²) in [6, 6.07) is 12.0. The second-order valence-corrected chi connectivity index (χ2v) is 8.56. The van der Waals surface area contributed by atoms with Crippen molar-refractivity contribution in [3.63, 3.8) is 0 Å². The number of phenols is 1. The summed E-state index contributed by atoms with van der Waals surface area (Å²) >= 11 is 0. The van der Waals surface area contributed by atoms with E-state index in [9.17, 15) is 10.2 Å². The summed E-state index contributed by atoms with van der Waals surface area (Å²) < 4.78 is 0. The molecule has 3 nitrogen and oxygen atoms in total. The van der Waals surface area contributed by atoms with E-state index in [4.69, 9.17) is 4.99 Å². The topological polar surface area (TPSA) is 52.8 Å². The van der Waals surface area contributed by atoms with Gasteiger partial charge in [-0.25, -0.2) is 0 Å². The Morgan fingerprint density at radius 2 is 1.85 bits per heavy atom. The molecule has 2 aliphatic rings. The number of aliphatic imine (C=N–C) groups is 1. The van der Waals surface area contributed by atoms with Crippen LogP contribution in [0.25, 0.3) is 0 Å². The van der Waals surface area contributed by atoms with Crippen LogP contribution in [-0.2, 0) is 11.8 Å². The first-order valence-corrected chi connectivity index (χ1v) is 10.1. The first-order valence-electron chi connectivity index (χ1n) is 10.1. The molecule has 1 fully saturated rings. The number of rotatable bonds is 3. The highest BCUT2D eigenvalue weighted by atomic mass is 16.3. The number of aromatic hydroxyl groups is 1. The Morgan fingerprint density at radius 1 is 1.11 bits per heavy atom. The SMILES string of the molecule is Cc1cc(C=N[C@H]2c3ccccc3C[C@H]2O)c(O)c(C2(C)CCCCC2)c1. The molecule has 142 valence electrons. The smallest absolute Gasteiger partial charge is 0.128 e. The molecular formula is C24H29NO2. The number of nitrogens with zero attached hydrogens (tertiary/aromatic N) is 1. The second kappa shape index (κ2) is 7.12. The lowest BCUT2D eigenvalue weighted by Gasteiger charge is -2.35. The minimum Gasteiger partial charge on any atom is -0.507 e. The van der Waals surface area contributed by atoms with Gasteiger partial charge in [-0.2, -0.15) is 0 Å². The first-order chi connectivity index (χ1) is 13.0. The zero-order chi connectivity index (χ0) is 19.0. The second-order valence-electron chi connectivity index (χ2n) is 8.56. The Balaban J connectivity index is 1.68. The Morgan fingerprint density at radius 3 is 2.63 bits per heavy atom. The maximum atomic E-state index is 11.0. The lowest BCUT2D eigenvalue weighted by Crippen LogP contribution is -2.25. The van der Waals surface area contributed by atoms with Gasteiger partial charge >= 0.3 is 0 Å². The number of benzene rings is 2. The van der Waals surface area contributed by atoms with E-state index in [1.54, 1.807) is 6.21 Å². The van der Waals surface area contributed by atoms with Crippen LogP contribution in [0, 0.1) is 6.92 Å². The van der Waals surface area contributed by atoms with E-state index in [0.29, 0.717) is 12.2 Å². The molecule has 4 rings (SSSR count). The third kappa shape index (κ3) is 3.41. The lowest BCUT2D eigenvalue weighted by atomic mass is 9.70. The molecule has 0 bridgehead atoms. The molecule has 0 heterocycles. The van der Waals surface area contributed by atoms with E-state index in [2.05, 4.69) is 26.0 Å². The molecule has 0 aromatic heterocycles. The summed E-state index contributed by atoms with van der Waals surface area (Å²) in [5.41, 5.74) is 5.24. The van der Waals surface area contributed by atoms with Crippen LogP contribution < -0.4 is 0 Å². The van der Waals surface area contributed by atoms with Crippen molar-refractivity contribution < 1.29 is 10.2 Å². The van der Waals surface area contributed by atoms with Gasteiger partial charge in [-0.05, 0) is 47.9 Å². The van der Waals surface area contributed by atoms with Crippen LogP contribution >= 0.6 is 0 Å². The Bertz CT molecular complexity index is 865. The van der Waals surface area contributed by atoms with Crippen LogP contribution in [0.4, 0.5) is 0 Å². The summed E-state index contributed by atoms with van der Waals surface area (Å²) in [6.07, 6.45) is 7.87. The van der Waals surface area contributed by atoms with E-state index < -0.39 is 6.10 Å². The van der Waals surface area contributed by atoms with Gasteiger partial charge in [-0.1, -0.05) is 56.5 Å². The molecule has 0 aliphatic heterocycles. The van der Waals surface area contributed by atoms with Gasteiger partial charge in [0.2, 0.25) is 0 Å². The van der Waals surface area contributed by atoms with E-state index in [1.807, 2.05) is 24.3 Å². The fraction of sp³-hybridized carbons (Fsp3) is 0.458. The summed E-state index contributed by atoms with van der Waals surface area (Å²) in [6.45, 7) is 4.35. The molecule has 0 spiro atoms. The summed E-state index contributed by atoms with van der Waals surface area (Å²) in [7, 11) is 0. The number of aliphatic hydroxyl groups excluding tert-OH is 1.